The Bertz CT molecular complexity index is 385. The minimum atomic E-state index is -0.377. The second kappa shape index (κ2) is 7.13. The van der Waals surface area contributed by atoms with Gasteiger partial charge in [0.1, 0.15) is 5.69 Å². The number of nitro benzene ring substituents is 1. The van der Waals surface area contributed by atoms with Crippen LogP contribution in [0.1, 0.15) is 12.5 Å². The van der Waals surface area contributed by atoms with Crippen molar-refractivity contribution in [1.29, 1.82) is 0 Å². The van der Waals surface area contributed by atoms with Crippen LogP contribution in [-0.2, 0) is 5.75 Å². The number of nitro groups is 1. The molecule has 5 nitrogen and oxygen atoms in total. The number of nitrogens with one attached hydrogen (secondary N) is 1. The molecule has 0 bridgehead atoms. The Hall–Kier alpha value is -1.27. The van der Waals surface area contributed by atoms with E-state index in [1.807, 2.05) is 13.0 Å². The molecule has 0 saturated heterocycles. The zero-order valence-corrected chi connectivity index (χ0v) is 10.5. The molecule has 0 atom stereocenters. The maximum Gasteiger partial charge on any atom is 0.292 e. The molecule has 1 aromatic carbocycles. The number of hydrogen-bond acceptors (Lipinski definition) is 5. The first-order chi connectivity index (χ1) is 8.19. The van der Waals surface area contributed by atoms with Crippen molar-refractivity contribution in [2.24, 2.45) is 0 Å². The number of hydrogen-bond donors (Lipinski definition) is 2. The highest BCUT2D eigenvalue weighted by Gasteiger charge is 2.13. The molecule has 0 saturated carbocycles. The van der Waals surface area contributed by atoms with E-state index in [0.29, 0.717) is 23.7 Å². The van der Waals surface area contributed by atoms with Crippen molar-refractivity contribution < 1.29 is 10.0 Å². The van der Waals surface area contributed by atoms with E-state index < -0.39 is 0 Å². The topological polar surface area (TPSA) is 75.4 Å². The Morgan fingerprint density at radius 3 is 2.88 bits per heavy atom. The molecule has 0 aromatic heterocycles. The number of nitrogens with zero attached hydrogens (tertiary/aromatic N) is 1. The van der Waals surface area contributed by atoms with Crippen LogP contribution in [0.3, 0.4) is 0 Å². The molecule has 0 spiro atoms. The van der Waals surface area contributed by atoms with Gasteiger partial charge in [0.15, 0.2) is 0 Å². The second-order valence-corrected chi connectivity index (χ2v) is 4.52. The molecule has 1 aromatic rings. The van der Waals surface area contributed by atoms with Gasteiger partial charge < -0.3 is 10.4 Å². The largest absolute Gasteiger partial charge is 0.396 e. The Labute approximate surface area is 104 Å². The normalized spacial score (nSPS) is 10.2. The van der Waals surface area contributed by atoms with E-state index >= 15 is 0 Å². The van der Waals surface area contributed by atoms with E-state index in [2.05, 4.69) is 5.32 Å². The molecule has 0 heterocycles. The molecule has 0 amide bonds. The van der Waals surface area contributed by atoms with E-state index in [4.69, 9.17) is 5.11 Å². The van der Waals surface area contributed by atoms with Gasteiger partial charge in [-0.05, 0) is 18.6 Å². The van der Waals surface area contributed by atoms with Crippen molar-refractivity contribution in [3.05, 3.63) is 33.9 Å². The zero-order valence-electron chi connectivity index (χ0n) is 9.68. The van der Waals surface area contributed by atoms with Gasteiger partial charge in [0, 0.05) is 24.1 Å². The molecule has 0 aliphatic rings. The number of rotatable bonds is 7. The highest BCUT2D eigenvalue weighted by atomic mass is 32.2. The number of anilines is 1. The van der Waals surface area contributed by atoms with Crippen LogP contribution in [0.4, 0.5) is 11.4 Å². The molecule has 0 radical (unpaired) electrons. The SMILES string of the molecule is CCNc1ccc(CSCCO)cc1[N+](=O)[O-]. The van der Waals surface area contributed by atoms with E-state index in [-0.39, 0.29) is 17.2 Å². The fourth-order valence-electron chi connectivity index (χ4n) is 1.41. The van der Waals surface area contributed by atoms with Gasteiger partial charge in [-0.3, -0.25) is 10.1 Å². The third-order valence-corrected chi connectivity index (χ3v) is 3.14. The minimum absolute atomic E-state index is 0.106. The third kappa shape index (κ3) is 4.24. The molecule has 2 N–H and O–H groups in total. The van der Waals surface area contributed by atoms with Gasteiger partial charge in [0.2, 0.25) is 0 Å². The van der Waals surface area contributed by atoms with Gasteiger partial charge in [-0.2, -0.15) is 11.8 Å². The molecule has 17 heavy (non-hydrogen) atoms. The van der Waals surface area contributed by atoms with E-state index in [0.717, 1.165) is 5.56 Å². The molecular formula is C11H16N2O3S. The Kier molecular flexibility index (Phi) is 5.79. The highest BCUT2D eigenvalue weighted by Crippen LogP contribution is 2.27. The van der Waals surface area contributed by atoms with Crippen molar-refractivity contribution in [3.8, 4) is 0 Å². The van der Waals surface area contributed by atoms with E-state index in [9.17, 15) is 10.1 Å². The Morgan fingerprint density at radius 2 is 2.29 bits per heavy atom. The molecule has 94 valence electrons. The van der Waals surface area contributed by atoms with Crippen LogP contribution in [0.15, 0.2) is 18.2 Å². The standard InChI is InChI=1S/C11H16N2O3S/c1-2-12-10-4-3-9(8-17-6-5-14)7-11(10)13(15)16/h3-4,7,12,14H,2,5-6,8H2,1H3. The summed E-state index contributed by atoms with van der Waals surface area (Å²) < 4.78 is 0. The second-order valence-electron chi connectivity index (χ2n) is 3.42. The summed E-state index contributed by atoms with van der Waals surface area (Å²) in [7, 11) is 0. The molecular weight excluding hydrogens is 240 g/mol. The van der Waals surface area contributed by atoms with Gasteiger partial charge in [-0.1, -0.05) is 6.07 Å². The average molecular weight is 256 g/mol. The van der Waals surface area contributed by atoms with Crippen molar-refractivity contribution in [2.45, 2.75) is 12.7 Å². The van der Waals surface area contributed by atoms with Crippen LogP contribution in [-0.4, -0.2) is 28.9 Å². The molecule has 0 fully saturated rings. The molecule has 6 heteroatoms. The van der Waals surface area contributed by atoms with Crippen LogP contribution in [0.25, 0.3) is 0 Å². The average Bonchev–Trinajstić information content (AvgIpc) is 2.31. The summed E-state index contributed by atoms with van der Waals surface area (Å²) in [5.41, 5.74) is 1.55. The number of benzene rings is 1. The maximum absolute atomic E-state index is 10.9. The van der Waals surface area contributed by atoms with Gasteiger partial charge in [-0.25, -0.2) is 0 Å². The summed E-state index contributed by atoms with van der Waals surface area (Å²) in [4.78, 5) is 10.5. The lowest BCUT2D eigenvalue weighted by molar-refractivity contribution is -0.384. The van der Waals surface area contributed by atoms with Gasteiger partial charge >= 0.3 is 0 Å². The van der Waals surface area contributed by atoms with E-state index in [1.54, 1.807) is 23.9 Å². The summed E-state index contributed by atoms with van der Waals surface area (Å²) in [6, 6.07) is 5.19. The first-order valence-electron chi connectivity index (χ1n) is 5.38. The summed E-state index contributed by atoms with van der Waals surface area (Å²) in [6.45, 7) is 2.68. The summed E-state index contributed by atoms with van der Waals surface area (Å²) in [5, 5.41) is 22.5. The first kappa shape index (κ1) is 13.8. The fraction of sp³-hybridized carbons (Fsp3) is 0.455. The van der Waals surface area contributed by atoms with Crippen molar-refractivity contribution in [1.82, 2.24) is 0 Å². The molecule has 0 unspecified atom stereocenters. The summed E-state index contributed by atoms with van der Waals surface area (Å²) in [6.07, 6.45) is 0. The fourth-order valence-corrected chi connectivity index (χ4v) is 2.10. The van der Waals surface area contributed by atoms with Crippen molar-refractivity contribution >= 4 is 23.1 Å². The van der Waals surface area contributed by atoms with Crippen molar-refractivity contribution in [2.75, 3.05) is 24.2 Å². The quantitative estimate of drug-likeness (QED) is 0.444. The maximum atomic E-state index is 10.9. The molecule has 0 aliphatic heterocycles. The van der Waals surface area contributed by atoms with Crippen LogP contribution in [0.5, 0.6) is 0 Å². The monoisotopic (exact) mass is 256 g/mol. The predicted octanol–water partition coefficient (Wildman–Crippen LogP) is 2.25. The molecule has 0 aliphatic carbocycles. The lowest BCUT2D eigenvalue weighted by atomic mass is 10.2. The summed E-state index contributed by atoms with van der Waals surface area (Å²) >= 11 is 1.55. The van der Waals surface area contributed by atoms with Crippen LogP contribution >= 0.6 is 11.8 Å². The Balaban J connectivity index is 2.81. The lowest BCUT2D eigenvalue weighted by Crippen LogP contribution is -2.01. The van der Waals surface area contributed by atoms with Crippen LogP contribution < -0.4 is 5.32 Å². The number of aliphatic hydroxyl groups is 1. The molecule has 1 rings (SSSR count). The Morgan fingerprint density at radius 1 is 1.53 bits per heavy atom. The first-order valence-corrected chi connectivity index (χ1v) is 6.54. The zero-order chi connectivity index (χ0) is 12.7. The number of aliphatic hydroxyl groups excluding tert-OH is 1. The highest BCUT2D eigenvalue weighted by molar-refractivity contribution is 7.98. The minimum Gasteiger partial charge on any atom is -0.396 e. The summed E-state index contributed by atoms with van der Waals surface area (Å²) in [5.74, 6) is 1.32. The lowest BCUT2D eigenvalue weighted by Gasteiger charge is -2.06. The van der Waals surface area contributed by atoms with Gasteiger partial charge in [0.25, 0.3) is 5.69 Å². The smallest absolute Gasteiger partial charge is 0.292 e. The van der Waals surface area contributed by atoms with Crippen LogP contribution in [0.2, 0.25) is 0 Å². The van der Waals surface area contributed by atoms with Crippen LogP contribution in [0, 0.1) is 10.1 Å². The van der Waals surface area contributed by atoms with Crippen molar-refractivity contribution in [3.63, 3.8) is 0 Å². The van der Waals surface area contributed by atoms with Gasteiger partial charge in [0.05, 0.1) is 11.5 Å². The predicted molar refractivity (Wildman–Crippen MR) is 70.5 cm³/mol. The van der Waals surface area contributed by atoms with Gasteiger partial charge in [-0.15, -0.1) is 0 Å². The third-order valence-electron chi connectivity index (χ3n) is 2.13. The number of thioether (sulfide) groups is 1. The van der Waals surface area contributed by atoms with E-state index in [1.165, 1.54) is 0 Å².